The largest absolute Gasteiger partial charge is 0.508 e. The zero-order valence-corrected chi connectivity index (χ0v) is 46.3. The van der Waals surface area contributed by atoms with Gasteiger partial charge in [-0.1, -0.05) is 86.0 Å². The van der Waals surface area contributed by atoms with Crippen LogP contribution in [0.4, 0.5) is 16.2 Å². The van der Waals surface area contributed by atoms with E-state index in [1.807, 2.05) is 77.4 Å². The summed E-state index contributed by atoms with van der Waals surface area (Å²) in [5.74, 6) is 0.0611. The number of hydrogen-bond donors (Lipinski definition) is 4. The molecule has 0 bridgehead atoms. The summed E-state index contributed by atoms with van der Waals surface area (Å²) in [6, 6.07) is 22.9. The normalized spacial score (nSPS) is 16.8. The number of hydrogen-bond acceptors (Lipinski definition) is 13. The molecule has 10 rings (SSSR count). The standard InChI is InChI=1S/C60H66ClFN10O6S/c1-5-50(74)70-26-28-71(29-27-70)56-45-34-46(61)52(44-33-39(73)32-38-16-9-10-17-40(38)44)53(62)55(45)67-60(68-56)64-24-23-51(75)69(4)30-31-78-49-22-21-42(41-18-11-12-19-43(41)49)47-35-79-58(65-47)48-20-13-25-72(48)59(77)54(37-14-7-6-8-15-37)66-57(76)36(2)63-3/h5,9-12,16-19,21-22,32-37,48,54,63,73H,1,6-8,13-15,20,23-31H2,2-4H3,(H,66,76)(H,64,67,68)/t36-,48-,54-/m0/s1. The average Bonchev–Trinajstić information content (AvgIpc) is 4.23. The van der Waals surface area contributed by atoms with Crippen molar-refractivity contribution in [3.63, 3.8) is 0 Å². The Morgan fingerprint density at radius 2 is 1.65 bits per heavy atom. The number of anilines is 2. The monoisotopic (exact) mass is 1110 g/mol. The van der Waals surface area contributed by atoms with E-state index in [-0.39, 0.29) is 83.0 Å². The van der Waals surface area contributed by atoms with Crippen LogP contribution in [0.5, 0.6) is 11.5 Å². The fourth-order valence-electron chi connectivity index (χ4n) is 11.3. The molecule has 0 spiro atoms. The van der Waals surface area contributed by atoms with E-state index in [4.69, 9.17) is 26.3 Å². The molecule has 412 valence electrons. The molecule has 3 atom stereocenters. The van der Waals surface area contributed by atoms with E-state index in [1.54, 1.807) is 47.4 Å². The number of nitrogens with one attached hydrogen (secondary N) is 3. The quantitative estimate of drug-likeness (QED) is 0.0598. The van der Waals surface area contributed by atoms with Gasteiger partial charge < -0.3 is 45.4 Å². The number of ether oxygens (including phenoxy) is 1. The first-order valence-electron chi connectivity index (χ1n) is 27.3. The van der Waals surface area contributed by atoms with Gasteiger partial charge in [-0.25, -0.2) is 14.4 Å². The molecule has 3 aliphatic rings. The van der Waals surface area contributed by atoms with Crippen LogP contribution < -0.4 is 25.6 Å². The number of phenolic OH excluding ortho intramolecular Hbond substituents is 1. The highest BCUT2D eigenvalue weighted by Gasteiger charge is 2.40. The number of benzene rings is 5. The summed E-state index contributed by atoms with van der Waals surface area (Å²) < 4.78 is 23.5. The minimum atomic E-state index is -0.691. The summed E-state index contributed by atoms with van der Waals surface area (Å²) in [5.41, 5.74) is 2.25. The number of amides is 4. The Labute approximate surface area is 468 Å². The van der Waals surface area contributed by atoms with Crippen molar-refractivity contribution >= 4 is 90.8 Å². The zero-order valence-electron chi connectivity index (χ0n) is 44.8. The molecular weight excluding hydrogens is 1040 g/mol. The van der Waals surface area contributed by atoms with Gasteiger partial charge in [0.25, 0.3) is 0 Å². The third kappa shape index (κ3) is 11.7. The van der Waals surface area contributed by atoms with E-state index in [9.17, 15) is 24.3 Å². The number of aromatic nitrogens is 3. The number of phenols is 1. The van der Waals surface area contributed by atoms with Crippen molar-refractivity contribution in [2.24, 2.45) is 5.92 Å². The summed E-state index contributed by atoms with van der Waals surface area (Å²) in [7, 11) is 3.47. The minimum Gasteiger partial charge on any atom is -0.508 e. The predicted molar refractivity (Wildman–Crippen MR) is 310 cm³/mol. The first-order chi connectivity index (χ1) is 38.3. The maximum Gasteiger partial charge on any atom is 0.246 e. The topological polar surface area (TPSA) is 185 Å². The third-order valence-electron chi connectivity index (χ3n) is 15.8. The van der Waals surface area contributed by atoms with Crippen LogP contribution in [-0.4, -0.2) is 137 Å². The van der Waals surface area contributed by atoms with Crippen LogP contribution in [0.2, 0.25) is 5.02 Å². The highest BCUT2D eigenvalue weighted by Crippen LogP contribution is 2.44. The summed E-state index contributed by atoms with van der Waals surface area (Å²) in [6.07, 6.45) is 8.13. The summed E-state index contributed by atoms with van der Waals surface area (Å²) in [5, 5.41) is 26.7. The van der Waals surface area contributed by atoms with Gasteiger partial charge in [0.2, 0.25) is 29.6 Å². The SMILES string of the molecule is C=CC(=O)N1CCN(c2nc(NCCC(=O)N(C)CCOc3ccc(-c4csc([C@@H]5CCCN5C(=O)[C@@H](NC(=O)[C@H](C)NC)C5CCCCC5)n4)c4ccccc34)nc3c(F)c(-c4cc(O)cc5ccccc45)c(Cl)cc23)CC1. The Kier molecular flexibility index (Phi) is 16.9. The number of fused-ring (bicyclic) bond motifs is 3. The summed E-state index contributed by atoms with van der Waals surface area (Å²) >= 11 is 8.48. The van der Waals surface area contributed by atoms with E-state index >= 15 is 4.39 Å². The van der Waals surface area contributed by atoms with E-state index < -0.39 is 17.9 Å². The number of nitrogens with zero attached hydrogens (tertiary/aromatic N) is 7. The molecule has 0 radical (unpaired) electrons. The lowest BCUT2D eigenvalue weighted by Crippen LogP contribution is -2.55. The number of aromatic hydroxyl groups is 1. The number of carbonyl (C=O) groups is 4. The molecule has 16 nitrogen and oxygen atoms in total. The lowest BCUT2D eigenvalue weighted by molar-refractivity contribution is -0.139. The van der Waals surface area contributed by atoms with Gasteiger partial charge in [0.15, 0.2) is 5.82 Å². The number of halogens is 2. The van der Waals surface area contributed by atoms with E-state index in [2.05, 4.69) is 32.9 Å². The molecule has 4 N–H and O–H groups in total. The average molecular weight is 1110 g/mol. The van der Waals surface area contributed by atoms with Crippen molar-refractivity contribution in [1.82, 2.24) is 40.3 Å². The maximum absolute atomic E-state index is 17.1. The fraction of sp³-hybridized carbons (Fsp3) is 0.383. The van der Waals surface area contributed by atoms with Crippen molar-refractivity contribution in [1.29, 1.82) is 0 Å². The van der Waals surface area contributed by atoms with Crippen LogP contribution in [0.3, 0.4) is 0 Å². The van der Waals surface area contributed by atoms with Crippen molar-refractivity contribution in [2.45, 2.75) is 76.4 Å². The summed E-state index contributed by atoms with van der Waals surface area (Å²) in [6.45, 7) is 8.34. The molecule has 2 aromatic heterocycles. The van der Waals surface area contributed by atoms with Crippen molar-refractivity contribution < 1.29 is 33.4 Å². The molecule has 1 saturated carbocycles. The Balaban J connectivity index is 0.802. The van der Waals surface area contributed by atoms with Crippen molar-refractivity contribution in [3.05, 3.63) is 113 Å². The van der Waals surface area contributed by atoms with Gasteiger partial charge in [-0.3, -0.25) is 19.2 Å². The van der Waals surface area contributed by atoms with Gasteiger partial charge in [0, 0.05) is 80.0 Å². The van der Waals surface area contributed by atoms with Crippen LogP contribution in [-0.2, 0) is 19.2 Å². The van der Waals surface area contributed by atoms with E-state index in [0.717, 1.165) is 72.0 Å². The Morgan fingerprint density at radius 3 is 2.41 bits per heavy atom. The number of thiazole rings is 1. The molecule has 4 heterocycles. The van der Waals surface area contributed by atoms with Gasteiger partial charge in [-0.15, -0.1) is 11.3 Å². The van der Waals surface area contributed by atoms with Gasteiger partial charge in [0.1, 0.15) is 40.5 Å². The second-order valence-corrected chi connectivity index (χ2v) is 22.0. The lowest BCUT2D eigenvalue weighted by atomic mass is 9.83. The molecule has 19 heteroatoms. The smallest absolute Gasteiger partial charge is 0.246 e. The fourth-order valence-corrected chi connectivity index (χ4v) is 12.6. The highest BCUT2D eigenvalue weighted by molar-refractivity contribution is 7.10. The predicted octanol–water partition coefficient (Wildman–Crippen LogP) is 9.74. The Morgan fingerprint density at radius 1 is 0.899 bits per heavy atom. The second-order valence-electron chi connectivity index (χ2n) is 20.7. The molecule has 5 aromatic carbocycles. The van der Waals surface area contributed by atoms with Gasteiger partial charge in [0.05, 0.1) is 29.3 Å². The Hall–Kier alpha value is -7.41. The molecule has 3 fully saturated rings. The molecular formula is C60H66ClFN10O6S. The second kappa shape index (κ2) is 24.3. The van der Waals surface area contributed by atoms with Crippen LogP contribution in [0.1, 0.15) is 69.3 Å². The lowest BCUT2D eigenvalue weighted by Gasteiger charge is -2.35. The molecule has 1 aliphatic carbocycles. The maximum atomic E-state index is 17.1. The first-order valence-corrected chi connectivity index (χ1v) is 28.5. The zero-order chi connectivity index (χ0) is 55.3. The van der Waals surface area contributed by atoms with E-state index in [1.165, 1.54) is 12.1 Å². The molecule has 4 amide bonds. The van der Waals surface area contributed by atoms with Crippen LogP contribution >= 0.6 is 22.9 Å². The van der Waals surface area contributed by atoms with Crippen LogP contribution in [0.15, 0.2) is 96.9 Å². The highest BCUT2D eigenvalue weighted by atomic mass is 35.5. The number of likely N-dealkylation sites (tertiary alicyclic amines) is 1. The van der Waals surface area contributed by atoms with Gasteiger partial charge in [-0.2, -0.15) is 4.98 Å². The van der Waals surface area contributed by atoms with Crippen LogP contribution in [0, 0.1) is 11.7 Å². The number of carbonyl (C=O) groups excluding carboxylic acids is 4. The molecule has 2 saturated heterocycles. The van der Waals surface area contributed by atoms with E-state index in [0.29, 0.717) is 72.6 Å². The number of piperazine rings is 1. The van der Waals surface area contributed by atoms with Crippen LogP contribution in [0.25, 0.3) is 54.8 Å². The Bertz CT molecular complexity index is 3440. The molecule has 7 aromatic rings. The first kappa shape index (κ1) is 54.9. The summed E-state index contributed by atoms with van der Waals surface area (Å²) in [4.78, 5) is 75.5. The molecule has 79 heavy (non-hydrogen) atoms. The van der Waals surface area contributed by atoms with Crippen molar-refractivity contribution in [2.75, 3.05) is 76.7 Å². The minimum absolute atomic E-state index is 0.00687. The van der Waals surface area contributed by atoms with Crippen molar-refractivity contribution in [3.8, 4) is 33.9 Å². The molecule has 0 unspecified atom stereocenters. The van der Waals surface area contributed by atoms with Gasteiger partial charge >= 0.3 is 0 Å². The third-order valence-corrected chi connectivity index (χ3v) is 17.0. The number of likely N-dealkylation sites (N-methyl/N-ethyl adjacent to an activating group) is 2. The molecule has 2 aliphatic heterocycles. The van der Waals surface area contributed by atoms with Gasteiger partial charge in [-0.05, 0) is 104 Å². The number of rotatable bonds is 18.